The fourth-order valence-electron chi connectivity index (χ4n) is 4.05. The Balaban J connectivity index is 1.60. The largest absolute Gasteiger partial charge is 0.497 e. The number of nitro groups is 1. The standard InChI is InChI=1S/C21H19N5O6S/c1-31-16-6-2-13(3-7-16)19-18-20(24-12-23-19)22-10-15-11-32-21(18)25(15)33(29,30)17-8-4-14(5-9-17)26(27)28/h2-9,12,15,21H,10-11H2,1H3,(H,22,23,24)/t15-,21-/m0/s1. The maximum absolute atomic E-state index is 13.6. The van der Waals surface area contributed by atoms with Gasteiger partial charge in [-0.3, -0.25) is 10.1 Å². The van der Waals surface area contributed by atoms with Crippen LogP contribution < -0.4 is 10.1 Å². The van der Waals surface area contributed by atoms with Crippen LogP contribution in [-0.2, 0) is 14.8 Å². The summed E-state index contributed by atoms with van der Waals surface area (Å²) in [6, 6.07) is 11.6. The molecule has 12 heteroatoms. The van der Waals surface area contributed by atoms with Gasteiger partial charge in [0.25, 0.3) is 5.69 Å². The Labute approximate surface area is 189 Å². The molecule has 0 aliphatic carbocycles. The average molecular weight is 469 g/mol. The quantitative estimate of drug-likeness (QED) is 0.441. The number of non-ortho nitro benzene ring substituents is 1. The molecular weight excluding hydrogens is 450 g/mol. The van der Waals surface area contributed by atoms with Crippen LogP contribution in [-0.4, -0.2) is 53.9 Å². The molecule has 0 spiro atoms. The van der Waals surface area contributed by atoms with Crippen LogP contribution in [0.2, 0.25) is 0 Å². The molecule has 2 atom stereocenters. The first-order valence-corrected chi connectivity index (χ1v) is 11.5. The summed E-state index contributed by atoms with van der Waals surface area (Å²) in [6.45, 7) is 0.467. The summed E-state index contributed by atoms with van der Waals surface area (Å²) >= 11 is 0. The monoisotopic (exact) mass is 469 g/mol. The molecule has 3 heterocycles. The number of hydrogen-bond acceptors (Lipinski definition) is 9. The van der Waals surface area contributed by atoms with E-state index in [9.17, 15) is 18.5 Å². The lowest BCUT2D eigenvalue weighted by Gasteiger charge is -2.26. The van der Waals surface area contributed by atoms with Crippen LogP contribution in [0.4, 0.5) is 11.5 Å². The summed E-state index contributed by atoms with van der Waals surface area (Å²) in [4.78, 5) is 19.1. The molecule has 1 N–H and O–H groups in total. The summed E-state index contributed by atoms with van der Waals surface area (Å²) in [7, 11) is -2.47. The number of sulfonamides is 1. The van der Waals surface area contributed by atoms with Crippen LogP contribution in [0.1, 0.15) is 11.8 Å². The van der Waals surface area contributed by atoms with Crippen LogP contribution in [0.3, 0.4) is 0 Å². The summed E-state index contributed by atoms with van der Waals surface area (Å²) < 4.78 is 39.7. The van der Waals surface area contributed by atoms with Crippen LogP contribution >= 0.6 is 0 Å². The van der Waals surface area contributed by atoms with Crippen molar-refractivity contribution in [2.75, 3.05) is 25.6 Å². The van der Waals surface area contributed by atoms with Crippen molar-refractivity contribution in [3.63, 3.8) is 0 Å². The minimum absolute atomic E-state index is 0.0557. The maximum atomic E-state index is 13.6. The first-order chi connectivity index (χ1) is 15.9. The second-order valence-corrected chi connectivity index (χ2v) is 9.36. The van der Waals surface area contributed by atoms with Gasteiger partial charge >= 0.3 is 0 Å². The number of nitro benzene ring substituents is 1. The van der Waals surface area contributed by atoms with E-state index in [0.29, 0.717) is 22.8 Å². The Kier molecular flexibility index (Phi) is 5.19. The number of hydrogen-bond donors (Lipinski definition) is 1. The van der Waals surface area contributed by atoms with Gasteiger partial charge < -0.3 is 14.8 Å². The highest BCUT2D eigenvalue weighted by atomic mass is 32.2. The van der Waals surface area contributed by atoms with Gasteiger partial charge in [-0.15, -0.1) is 0 Å². The van der Waals surface area contributed by atoms with Crippen LogP contribution in [0.5, 0.6) is 5.75 Å². The van der Waals surface area contributed by atoms with Crippen molar-refractivity contribution in [1.82, 2.24) is 14.3 Å². The number of benzene rings is 2. The van der Waals surface area contributed by atoms with Gasteiger partial charge in [-0.2, -0.15) is 4.31 Å². The second-order valence-electron chi connectivity index (χ2n) is 7.52. The zero-order valence-electron chi connectivity index (χ0n) is 17.4. The van der Waals surface area contributed by atoms with Gasteiger partial charge in [0.1, 0.15) is 17.9 Å². The molecule has 1 fully saturated rings. The van der Waals surface area contributed by atoms with Crippen molar-refractivity contribution in [2.45, 2.75) is 17.2 Å². The van der Waals surface area contributed by atoms with Crippen LogP contribution in [0, 0.1) is 10.1 Å². The molecule has 5 rings (SSSR count). The lowest BCUT2D eigenvalue weighted by atomic mass is 10.0. The Morgan fingerprint density at radius 2 is 1.88 bits per heavy atom. The van der Waals surface area contributed by atoms with E-state index < -0.39 is 27.2 Å². The summed E-state index contributed by atoms with van der Waals surface area (Å²) in [5.41, 5.74) is 1.60. The van der Waals surface area contributed by atoms with Crippen molar-refractivity contribution in [1.29, 1.82) is 0 Å². The zero-order valence-corrected chi connectivity index (χ0v) is 18.2. The molecular formula is C21H19N5O6S. The molecule has 0 amide bonds. The third-order valence-corrected chi connectivity index (χ3v) is 7.57. The van der Waals surface area contributed by atoms with E-state index in [4.69, 9.17) is 9.47 Å². The van der Waals surface area contributed by atoms with E-state index in [0.717, 1.165) is 5.56 Å². The minimum atomic E-state index is -4.05. The fourth-order valence-corrected chi connectivity index (χ4v) is 5.72. The molecule has 2 bridgehead atoms. The molecule has 11 nitrogen and oxygen atoms in total. The number of rotatable bonds is 5. The lowest BCUT2D eigenvalue weighted by molar-refractivity contribution is -0.384. The minimum Gasteiger partial charge on any atom is -0.497 e. The van der Waals surface area contributed by atoms with Gasteiger partial charge in [0.2, 0.25) is 10.0 Å². The molecule has 3 aromatic rings. The molecule has 2 aromatic carbocycles. The molecule has 1 aromatic heterocycles. The second kappa shape index (κ2) is 8.06. The predicted molar refractivity (Wildman–Crippen MR) is 117 cm³/mol. The van der Waals surface area contributed by atoms with Gasteiger partial charge in [-0.25, -0.2) is 18.4 Å². The third-order valence-electron chi connectivity index (χ3n) is 5.66. The van der Waals surface area contributed by atoms with E-state index >= 15 is 0 Å². The number of nitrogens with zero attached hydrogens (tertiary/aromatic N) is 4. The zero-order chi connectivity index (χ0) is 23.2. The number of methoxy groups -OCH3 is 1. The van der Waals surface area contributed by atoms with Crippen molar-refractivity contribution in [2.24, 2.45) is 0 Å². The number of nitrogens with one attached hydrogen (secondary N) is 1. The van der Waals surface area contributed by atoms with Gasteiger partial charge in [0, 0.05) is 24.2 Å². The first kappa shape index (κ1) is 21.2. The number of aromatic nitrogens is 2. The molecule has 1 saturated heterocycles. The molecule has 2 aliphatic rings. The van der Waals surface area contributed by atoms with Gasteiger partial charge in [-0.1, -0.05) is 0 Å². The van der Waals surface area contributed by atoms with Gasteiger partial charge in [0.15, 0.2) is 6.23 Å². The number of anilines is 1. The van der Waals surface area contributed by atoms with E-state index in [1.54, 1.807) is 19.2 Å². The Bertz CT molecular complexity index is 1310. The first-order valence-electron chi connectivity index (χ1n) is 10.0. The predicted octanol–water partition coefficient (Wildman–Crippen LogP) is 2.57. The summed E-state index contributed by atoms with van der Waals surface area (Å²) in [5.74, 6) is 1.17. The Hall–Kier alpha value is -3.61. The SMILES string of the molecule is COc1ccc(-c2ncnc3c2[C@@H]2OC[C@H](CN3)N2S(=O)(=O)c2ccc([N+](=O)[O-])cc2)cc1. The third kappa shape index (κ3) is 3.57. The number of fused-ring (bicyclic) bond motifs is 4. The average Bonchev–Trinajstić information content (AvgIpc) is 3.18. The van der Waals surface area contributed by atoms with E-state index in [-0.39, 0.29) is 23.7 Å². The number of ether oxygens (including phenoxy) is 2. The normalized spacial score (nSPS) is 19.9. The summed E-state index contributed by atoms with van der Waals surface area (Å²) in [6.07, 6.45) is 0.457. The van der Waals surface area contributed by atoms with Crippen LogP contribution in [0.15, 0.2) is 59.8 Å². The molecule has 0 radical (unpaired) electrons. The fraction of sp³-hybridized carbons (Fsp3) is 0.238. The van der Waals surface area contributed by atoms with Gasteiger partial charge in [0.05, 0.1) is 40.8 Å². The topological polar surface area (TPSA) is 137 Å². The van der Waals surface area contributed by atoms with Crippen LogP contribution in [0.25, 0.3) is 11.3 Å². The van der Waals surface area contributed by atoms with Crippen molar-refractivity contribution >= 4 is 21.5 Å². The highest BCUT2D eigenvalue weighted by Crippen LogP contribution is 2.44. The molecule has 2 aliphatic heterocycles. The van der Waals surface area contributed by atoms with E-state index in [2.05, 4.69) is 15.3 Å². The highest BCUT2D eigenvalue weighted by molar-refractivity contribution is 7.89. The molecule has 170 valence electrons. The Morgan fingerprint density at radius 1 is 1.15 bits per heavy atom. The Morgan fingerprint density at radius 3 is 2.55 bits per heavy atom. The van der Waals surface area contributed by atoms with Gasteiger partial charge in [-0.05, 0) is 36.4 Å². The van der Waals surface area contributed by atoms with Crippen molar-refractivity contribution < 1.29 is 22.8 Å². The van der Waals surface area contributed by atoms with E-state index in [1.165, 1.54) is 34.9 Å². The maximum Gasteiger partial charge on any atom is 0.269 e. The lowest BCUT2D eigenvalue weighted by Crippen LogP contribution is -2.40. The van der Waals surface area contributed by atoms with Crippen molar-refractivity contribution in [3.8, 4) is 17.0 Å². The van der Waals surface area contributed by atoms with Crippen molar-refractivity contribution in [3.05, 3.63) is 70.5 Å². The molecule has 33 heavy (non-hydrogen) atoms. The smallest absolute Gasteiger partial charge is 0.269 e. The van der Waals surface area contributed by atoms with E-state index in [1.807, 2.05) is 12.1 Å². The highest BCUT2D eigenvalue weighted by Gasteiger charge is 2.48. The summed E-state index contributed by atoms with van der Waals surface area (Å²) in [5, 5.41) is 14.2. The molecule has 0 unspecified atom stereocenters. The molecule has 0 saturated carbocycles.